The van der Waals surface area contributed by atoms with Crippen molar-refractivity contribution in [2.45, 2.75) is 24.5 Å². The van der Waals surface area contributed by atoms with Gasteiger partial charge in [0.05, 0.1) is 13.7 Å². The van der Waals surface area contributed by atoms with Gasteiger partial charge >= 0.3 is 0 Å². The highest BCUT2D eigenvalue weighted by Gasteiger charge is 2.09. The van der Waals surface area contributed by atoms with Gasteiger partial charge in [-0.05, 0) is 72.5 Å². The van der Waals surface area contributed by atoms with E-state index in [2.05, 4.69) is 27.3 Å². The van der Waals surface area contributed by atoms with Crippen LogP contribution < -0.4 is 9.47 Å². The molecular weight excluding hydrogens is 510 g/mol. The van der Waals surface area contributed by atoms with E-state index in [0.29, 0.717) is 29.7 Å². The third kappa shape index (κ3) is 7.18. The lowest BCUT2D eigenvalue weighted by Crippen LogP contribution is -2.00. The maximum Gasteiger partial charge on any atom is 0.276 e. The number of carbonyl (C=O) groups excluding carboxylic acids is 1. The summed E-state index contributed by atoms with van der Waals surface area (Å²) in [6, 6.07) is 23.0. The predicted octanol–water partition coefficient (Wildman–Crippen LogP) is 6.80. The molecule has 5 rings (SSSR count). The van der Waals surface area contributed by atoms with Crippen LogP contribution in [0.25, 0.3) is 17.0 Å². The van der Waals surface area contributed by atoms with Crippen molar-refractivity contribution >= 4 is 34.5 Å². The minimum atomic E-state index is -0.0610. The van der Waals surface area contributed by atoms with Gasteiger partial charge in [-0.2, -0.15) is 0 Å². The monoisotopic (exact) mass is 539 g/mol. The van der Waals surface area contributed by atoms with Gasteiger partial charge in [0.1, 0.15) is 11.5 Å². The first-order chi connectivity index (χ1) is 19.2. The van der Waals surface area contributed by atoms with Crippen LogP contribution in [0.1, 0.15) is 33.8 Å². The summed E-state index contributed by atoms with van der Waals surface area (Å²) < 4.78 is 16.8. The van der Waals surface area contributed by atoms with Crippen molar-refractivity contribution in [3.05, 3.63) is 108 Å². The Morgan fingerprint density at radius 1 is 0.974 bits per heavy atom. The highest BCUT2D eigenvalue weighted by molar-refractivity contribution is 7.99. The molecule has 0 aliphatic heterocycles. The second kappa shape index (κ2) is 13.0. The summed E-state index contributed by atoms with van der Waals surface area (Å²) in [5.74, 6) is 2.90. The SMILES string of the molecule is COc1ccc(/C=C/C(=O)c2ccc(OCCCSc3nnc(CCc4c[nH]c5ccccc45)o3)cc2)cc1. The lowest BCUT2D eigenvalue weighted by molar-refractivity contribution is 0.104. The van der Waals surface area contributed by atoms with Gasteiger partial charge < -0.3 is 18.9 Å². The number of benzene rings is 3. The molecule has 0 aliphatic carbocycles. The van der Waals surface area contributed by atoms with Crippen molar-refractivity contribution in [3.63, 3.8) is 0 Å². The van der Waals surface area contributed by atoms with Gasteiger partial charge in [-0.1, -0.05) is 48.2 Å². The first kappa shape index (κ1) is 26.3. The van der Waals surface area contributed by atoms with E-state index in [4.69, 9.17) is 13.9 Å². The van der Waals surface area contributed by atoms with Crippen molar-refractivity contribution in [2.75, 3.05) is 19.5 Å². The number of ether oxygens (including phenoxy) is 2. The molecule has 2 heterocycles. The molecule has 3 aromatic carbocycles. The molecule has 1 N–H and O–H groups in total. The quantitative estimate of drug-likeness (QED) is 0.0761. The molecule has 2 aromatic heterocycles. The molecule has 39 heavy (non-hydrogen) atoms. The predicted molar refractivity (Wildman–Crippen MR) is 154 cm³/mol. The first-order valence-corrected chi connectivity index (χ1v) is 13.8. The molecule has 0 aliphatic rings. The number of para-hydroxylation sites is 1. The first-order valence-electron chi connectivity index (χ1n) is 12.8. The molecule has 0 amide bonds. The normalized spacial score (nSPS) is 11.3. The number of methoxy groups -OCH3 is 1. The number of aromatic nitrogens is 3. The van der Waals surface area contributed by atoms with Crippen LogP contribution in [0.3, 0.4) is 0 Å². The minimum Gasteiger partial charge on any atom is -0.497 e. The molecule has 0 radical (unpaired) electrons. The molecule has 198 valence electrons. The molecule has 8 heteroatoms. The zero-order valence-electron chi connectivity index (χ0n) is 21.6. The Hall–Kier alpha value is -4.30. The zero-order chi connectivity index (χ0) is 26.9. The number of aromatic amines is 1. The van der Waals surface area contributed by atoms with Crippen LogP contribution in [0, 0.1) is 0 Å². The standard InChI is InChI=1S/C31H29N3O4S/c1-36-25-13-7-22(8-14-25)9-17-29(35)23-10-15-26(16-11-23)37-19-4-20-39-31-34-33-30(38-31)18-12-24-21-32-28-6-3-2-5-27(24)28/h2-3,5-11,13-17,21,32H,4,12,18-20H2,1H3/b17-9+. The minimum absolute atomic E-state index is 0.0610. The van der Waals surface area contributed by atoms with Gasteiger partial charge in [0, 0.05) is 34.8 Å². The largest absolute Gasteiger partial charge is 0.497 e. The van der Waals surface area contributed by atoms with Crippen molar-refractivity contribution in [3.8, 4) is 11.5 Å². The molecule has 5 aromatic rings. The second-order valence-electron chi connectivity index (χ2n) is 8.87. The summed E-state index contributed by atoms with van der Waals surface area (Å²) in [5.41, 5.74) is 3.93. The molecule has 0 saturated carbocycles. The van der Waals surface area contributed by atoms with E-state index in [1.165, 1.54) is 22.7 Å². The van der Waals surface area contributed by atoms with Crippen LogP contribution in [0.15, 0.2) is 94.7 Å². The highest BCUT2D eigenvalue weighted by Crippen LogP contribution is 2.22. The van der Waals surface area contributed by atoms with Gasteiger partial charge in [-0.25, -0.2) is 0 Å². The molecular formula is C31H29N3O4S. The zero-order valence-corrected chi connectivity index (χ0v) is 22.4. The molecule has 0 atom stereocenters. The second-order valence-corrected chi connectivity index (χ2v) is 9.91. The van der Waals surface area contributed by atoms with Crippen LogP contribution in [-0.2, 0) is 12.8 Å². The highest BCUT2D eigenvalue weighted by atomic mass is 32.2. The van der Waals surface area contributed by atoms with Gasteiger partial charge in [-0.3, -0.25) is 4.79 Å². The third-order valence-electron chi connectivity index (χ3n) is 6.20. The van der Waals surface area contributed by atoms with Gasteiger partial charge in [0.25, 0.3) is 5.22 Å². The van der Waals surface area contributed by atoms with Crippen molar-refractivity contribution in [1.29, 1.82) is 0 Å². The Kier molecular flexibility index (Phi) is 8.75. The summed E-state index contributed by atoms with van der Waals surface area (Å²) in [5, 5.41) is 10.2. The fourth-order valence-electron chi connectivity index (χ4n) is 4.08. The van der Waals surface area contributed by atoms with Gasteiger partial charge in [-0.15, -0.1) is 10.2 Å². The Morgan fingerprint density at radius 3 is 2.59 bits per heavy atom. The average molecular weight is 540 g/mol. The number of allylic oxidation sites excluding steroid dienone is 1. The van der Waals surface area contributed by atoms with E-state index < -0.39 is 0 Å². The van der Waals surface area contributed by atoms with Crippen LogP contribution >= 0.6 is 11.8 Å². The van der Waals surface area contributed by atoms with Gasteiger partial charge in [0.15, 0.2) is 5.78 Å². The van der Waals surface area contributed by atoms with E-state index >= 15 is 0 Å². The number of hydrogen-bond acceptors (Lipinski definition) is 7. The summed E-state index contributed by atoms with van der Waals surface area (Å²) in [6.07, 6.45) is 7.77. The number of fused-ring (bicyclic) bond motifs is 1. The number of aryl methyl sites for hydroxylation is 2. The number of nitrogens with one attached hydrogen (secondary N) is 1. The molecule has 0 unspecified atom stereocenters. The Balaban J connectivity index is 1.01. The van der Waals surface area contributed by atoms with Crippen LogP contribution in [0.2, 0.25) is 0 Å². The van der Waals surface area contributed by atoms with Crippen LogP contribution in [0.5, 0.6) is 11.5 Å². The summed E-state index contributed by atoms with van der Waals surface area (Å²) in [6.45, 7) is 0.555. The number of hydrogen-bond donors (Lipinski definition) is 1. The fraction of sp³-hybridized carbons (Fsp3) is 0.194. The topological polar surface area (TPSA) is 90.2 Å². The van der Waals surface area contributed by atoms with E-state index in [1.54, 1.807) is 31.4 Å². The smallest absolute Gasteiger partial charge is 0.276 e. The Labute approximate surface area is 231 Å². The number of ketones is 1. The number of thioether (sulfide) groups is 1. The van der Waals surface area contributed by atoms with E-state index in [-0.39, 0.29) is 5.78 Å². The number of nitrogens with zero attached hydrogens (tertiary/aromatic N) is 2. The molecule has 0 saturated heterocycles. The summed E-state index contributed by atoms with van der Waals surface area (Å²) in [4.78, 5) is 15.8. The molecule has 0 fully saturated rings. The maximum absolute atomic E-state index is 12.5. The lowest BCUT2D eigenvalue weighted by atomic mass is 10.1. The van der Waals surface area contributed by atoms with E-state index in [9.17, 15) is 4.79 Å². The average Bonchev–Trinajstić information content (AvgIpc) is 3.62. The fourth-order valence-corrected chi connectivity index (χ4v) is 4.78. The number of H-pyrrole nitrogens is 1. The number of rotatable bonds is 13. The third-order valence-corrected chi connectivity index (χ3v) is 7.10. The molecule has 7 nitrogen and oxygen atoms in total. The molecule has 0 bridgehead atoms. The Morgan fingerprint density at radius 2 is 1.77 bits per heavy atom. The van der Waals surface area contributed by atoms with E-state index in [1.807, 2.05) is 54.7 Å². The summed E-state index contributed by atoms with van der Waals surface area (Å²) >= 11 is 1.53. The lowest BCUT2D eigenvalue weighted by Gasteiger charge is -2.06. The van der Waals surface area contributed by atoms with Crippen LogP contribution in [0.4, 0.5) is 0 Å². The Bertz CT molecular complexity index is 1540. The maximum atomic E-state index is 12.5. The van der Waals surface area contributed by atoms with Gasteiger partial charge in [0.2, 0.25) is 5.89 Å². The summed E-state index contributed by atoms with van der Waals surface area (Å²) in [7, 11) is 1.63. The van der Waals surface area contributed by atoms with E-state index in [0.717, 1.165) is 41.2 Å². The van der Waals surface area contributed by atoms with Crippen LogP contribution in [-0.4, -0.2) is 40.4 Å². The molecule has 0 spiro atoms. The van der Waals surface area contributed by atoms with Crippen molar-refractivity contribution in [2.24, 2.45) is 0 Å². The van der Waals surface area contributed by atoms with Crippen molar-refractivity contribution < 1.29 is 18.7 Å². The number of carbonyl (C=O) groups is 1. The van der Waals surface area contributed by atoms with Crippen molar-refractivity contribution in [1.82, 2.24) is 15.2 Å².